The van der Waals surface area contributed by atoms with Crippen LogP contribution in [0, 0.1) is 6.92 Å². The number of esters is 1. The first-order valence-electron chi connectivity index (χ1n) is 7.12. The van der Waals surface area contributed by atoms with E-state index in [-0.39, 0.29) is 12.1 Å². The summed E-state index contributed by atoms with van der Waals surface area (Å²) < 4.78 is 7.31. The van der Waals surface area contributed by atoms with Crippen LogP contribution in [0.1, 0.15) is 17.5 Å². The molecule has 1 aromatic carbocycles. The standard InChI is InChI=1S/C17H18BrNO3/c1-13-10-15(18)11-19(17(13)21)12-16(20)22-9-5-8-14-6-3-2-4-7-14/h2-4,6-7,10-11H,5,8-9,12H2,1H3. The van der Waals surface area contributed by atoms with Crippen LogP contribution in [-0.4, -0.2) is 17.1 Å². The SMILES string of the molecule is Cc1cc(Br)cn(CC(=O)OCCCc2ccccc2)c1=O. The summed E-state index contributed by atoms with van der Waals surface area (Å²) in [6.45, 7) is 2.01. The molecule has 0 N–H and O–H groups in total. The number of aryl methyl sites for hydroxylation is 2. The van der Waals surface area contributed by atoms with E-state index in [0.717, 1.165) is 17.3 Å². The van der Waals surface area contributed by atoms with Gasteiger partial charge in [-0.3, -0.25) is 9.59 Å². The second kappa shape index (κ2) is 7.94. The molecular formula is C17H18BrNO3. The Morgan fingerprint density at radius 1 is 1.27 bits per heavy atom. The van der Waals surface area contributed by atoms with E-state index in [0.29, 0.717) is 12.2 Å². The number of benzene rings is 1. The van der Waals surface area contributed by atoms with E-state index in [9.17, 15) is 9.59 Å². The average molecular weight is 364 g/mol. The van der Waals surface area contributed by atoms with Gasteiger partial charge in [0.25, 0.3) is 5.56 Å². The van der Waals surface area contributed by atoms with Crippen LogP contribution in [0.5, 0.6) is 0 Å². The van der Waals surface area contributed by atoms with Gasteiger partial charge < -0.3 is 9.30 Å². The molecule has 0 aliphatic carbocycles. The van der Waals surface area contributed by atoms with Gasteiger partial charge in [-0.05, 0) is 47.3 Å². The maximum Gasteiger partial charge on any atom is 0.326 e. The molecule has 0 saturated carbocycles. The van der Waals surface area contributed by atoms with Gasteiger partial charge >= 0.3 is 5.97 Å². The Balaban J connectivity index is 1.80. The number of hydrogen-bond acceptors (Lipinski definition) is 3. The summed E-state index contributed by atoms with van der Waals surface area (Å²) in [5.41, 5.74) is 1.63. The highest BCUT2D eigenvalue weighted by molar-refractivity contribution is 9.10. The third-order valence-corrected chi connectivity index (χ3v) is 3.68. The third-order valence-electron chi connectivity index (χ3n) is 3.25. The summed E-state index contributed by atoms with van der Waals surface area (Å²) in [7, 11) is 0. The molecule has 1 aromatic heterocycles. The van der Waals surface area contributed by atoms with Crippen molar-refractivity contribution in [3.05, 3.63) is 68.5 Å². The van der Waals surface area contributed by atoms with Crippen molar-refractivity contribution in [1.82, 2.24) is 4.57 Å². The van der Waals surface area contributed by atoms with Gasteiger partial charge in [-0.15, -0.1) is 0 Å². The smallest absolute Gasteiger partial charge is 0.326 e. The Morgan fingerprint density at radius 2 is 2.00 bits per heavy atom. The van der Waals surface area contributed by atoms with Crippen LogP contribution in [0.15, 0.2) is 51.9 Å². The van der Waals surface area contributed by atoms with Crippen molar-refractivity contribution in [3.8, 4) is 0 Å². The Morgan fingerprint density at radius 3 is 2.73 bits per heavy atom. The molecule has 22 heavy (non-hydrogen) atoms. The van der Waals surface area contributed by atoms with Gasteiger partial charge in [0.2, 0.25) is 0 Å². The van der Waals surface area contributed by atoms with Crippen molar-refractivity contribution in [3.63, 3.8) is 0 Å². The highest BCUT2D eigenvalue weighted by Crippen LogP contribution is 2.08. The molecule has 116 valence electrons. The Kier molecular flexibility index (Phi) is 5.95. The number of aromatic nitrogens is 1. The van der Waals surface area contributed by atoms with E-state index in [1.165, 1.54) is 10.1 Å². The lowest BCUT2D eigenvalue weighted by molar-refractivity contribution is -0.144. The Bertz CT molecular complexity index is 695. The lowest BCUT2D eigenvalue weighted by Gasteiger charge is -2.08. The van der Waals surface area contributed by atoms with Crippen molar-refractivity contribution in [1.29, 1.82) is 0 Å². The second-order valence-corrected chi connectivity index (χ2v) is 6.00. The molecule has 0 unspecified atom stereocenters. The lowest BCUT2D eigenvalue weighted by Crippen LogP contribution is -2.26. The van der Waals surface area contributed by atoms with Crippen LogP contribution in [0.25, 0.3) is 0 Å². The average Bonchev–Trinajstić information content (AvgIpc) is 2.50. The van der Waals surface area contributed by atoms with Crippen molar-refractivity contribution >= 4 is 21.9 Å². The molecule has 0 fully saturated rings. The van der Waals surface area contributed by atoms with E-state index >= 15 is 0 Å². The third kappa shape index (κ3) is 4.84. The van der Waals surface area contributed by atoms with Gasteiger partial charge in [0.1, 0.15) is 6.54 Å². The minimum Gasteiger partial charge on any atom is -0.464 e. The highest BCUT2D eigenvalue weighted by atomic mass is 79.9. The summed E-state index contributed by atoms with van der Waals surface area (Å²) in [4.78, 5) is 23.7. The predicted octanol–water partition coefficient (Wildman–Crippen LogP) is 3.10. The fraction of sp³-hybridized carbons (Fsp3) is 0.294. The predicted molar refractivity (Wildman–Crippen MR) is 88.9 cm³/mol. The van der Waals surface area contributed by atoms with Crippen LogP contribution in [0.2, 0.25) is 0 Å². The van der Waals surface area contributed by atoms with Crippen LogP contribution < -0.4 is 5.56 Å². The van der Waals surface area contributed by atoms with Crippen LogP contribution in [-0.2, 0) is 22.5 Å². The summed E-state index contributed by atoms with van der Waals surface area (Å²) in [6, 6.07) is 11.8. The van der Waals surface area contributed by atoms with Gasteiger partial charge in [-0.25, -0.2) is 0 Å². The first kappa shape index (κ1) is 16.5. The van der Waals surface area contributed by atoms with Gasteiger partial charge in [-0.2, -0.15) is 0 Å². The molecule has 5 heteroatoms. The fourth-order valence-electron chi connectivity index (χ4n) is 2.15. The normalized spacial score (nSPS) is 10.5. The molecular weight excluding hydrogens is 346 g/mol. The zero-order valence-electron chi connectivity index (χ0n) is 12.4. The topological polar surface area (TPSA) is 48.3 Å². The first-order chi connectivity index (χ1) is 10.6. The largest absolute Gasteiger partial charge is 0.464 e. The maximum absolute atomic E-state index is 11.9. The number of carbonyl (C=O) groups is 1. The minimum atomic E-state index is -0.396. The van der Waals surface area contributed by atoms with Gasteiger partial charge in [-0.1, -0.05) is 30.3 Å². The summed E-state index contributed by atoms with van der Waals surface area (Å²) >= 11 is 3.31. The van der Waals surface area contributed by atoms with Crippen LogP contribution >= 0.6 is 15.9 Å². The molecule has 1 heterocycles. The number of carbonyl (C=O) groups excluding carboxylic acids is 1. The van der Waals surface area contributed by atoms with Crippen molar-refractivity contribution in [2.75, 3.05) is 6.61 Å². The van der Waals surface area contributed by atoms with E-state index < -0.39 is 5.97 Å². The van der Waals surface area contributed by atoms with Crippen LogP contribution in [0.4, 0.5) is 0 Å². The maximum atomic E-state index is 11.9. The molecule has 0 saturated heterocycles. The second-order valence-electron chi connectivity index (χ2n) is 5.08. The molecule has 4 nitrogen and oxygen atoms in total. The van der Waals surface area contributed by atoms with Gasteiger partial charge in [0.05, 0.1) is 6.61 Å². The van der Waals surface area contributed by atoms with Gasteiger partial charge in [0, 0.05) is 16.2 Å². The number of pyridine rings is 1. The zero-order chi connectivity index (χ0) is 15.9. The first-order valence-corrected chi connectivity index (χ1v) is 7.91. The Labute approximate surface area is 137 Å². The van der Waals surface area contributed by atoms with Crippen molar-refractivity contribution in [2.24, 2.45) is 0 Å². The quantitative estimate of drug-likeness (QED) is 0.585. The molecule has 0 radical (unpaired) electrons. The summed E-state index contributed by atoms with van der Waals surface area (Å²) in [6.07, 6.45) is 3.23. The molecule has 2 rings (SSSR count). The fourth-order valence-corrected chi connectivity index (χ4v) is 2.74. The summed E-state index contributed by atoms with van der Waals surface area (Å²) in [5, 5.41) is 0. The number of halogens is 1. The highest BCUT2D eigenvalue weighted by Gasteiger charge is 2.08. The number of hydrogen-bond donors (Lipinski definition) is 0. The van der Waals surface area contributed by atoms with E-state index in [1.807, 2.05) is 30.3 Å². The van der Waals surface area contributed by atoms with Crippen molar-refractivity contribution < 1.29 is 9.53 Å². The van der Waals surface area contributed by atoms with E-state index in [2.05, 4.69) is 15.9 Å². The number of ether oxygens (including phenoxy) is 1. The zero-order valence-corrected chi connectivity index (χ0v) is 14.0. The summed E-state index contributed by atoms with van der Waals surface area (Å²) in [5.74, 6) is -0.396. The van der Waals surface area contributed by atoms with E-state index in [4.69, 9.17) is 4.74 Å². The molecule has 2 aromatic rings. The molecule has 0 spiro atoms. The number of rotatable bonds is 6. The molecule has 0 aliphatic rings. The molecule has 0 bridgehead atoms. The van der Waals surface area contributed by atoms with Crippen LogP contribution in [0.3, 0.4) is 0 Å². The Hall–Kier alpha value is -1.88. The monoisotopic (exact) mass is 363 g/mol. The molecule has 0 aliphatic heterocycles. The molecule has 0 amide bonds. The van der Waals surface area contributed by atoms with Crippen molar-refractivity contribution in [2.45, 2.75) is 26.3 Å². The van der Waals surface area contributed by atoms with Gasteiger partial charge in [0.15, 0.2) is 0 Å². The number of nitrogens with zero attached hydrogens (tertiary/aromatic N) is 1. The lowest BCUT2D eigenvalue weighted by atomic mass is 10.1. The minimum absolute atomic E-state index is 0.0650. The molecule has 0 atom stereocenters. The van der Waals surface area contributed by atoms with E-state index in [1.54, 1.807) is 19.2 Å².